The van der Waals surface area contributed by atoms with E-state index in [0.29, 0.717) is 16.7 Å². The third kappa shape index (κ3) is 4.47. The average molecular weight is 442 g/mol. The van der Waals surface area contributed by atoms with Crippen LogP contribution in [0.3, 0.4) is 0 Å². The van der Waals surface area contributed by atoms with Crippen LogP contribution in [-0.2, 0) is 14.6 Å². The van der Waals surface area contributed by atoms with Gasteiger partial charge in [0.1, 0.15) is 11.6 Å². The average Bonchev–Trinajstić information content (AvgIpc) is 3.11. The molecule has 2 aromatic carbocycles. The van der Waals surface area contributed by atoms with E-state index in [1.165, 1.54) is 0 Å². The van der Waals surface area contributed by atoms with Crippen LogP contribution < -0.4 is 10.9 Å². The van der Waals surface area contributed by atoms with E-state index in [4.69, 9.17) is 4.42 Å². The van der Waals surface area contributed by atoms with Crippen molar-refractivity contribution in [2.24, 2.45) is 0 Å². The molecule has 1 aliphatic rings. The standard InChI is InChI=1S/C22H23N3O5S/c1-15-17-9-5-6-10-18(17)30-20(15)22(27)24-23-21(26)19(16-7-3-2-4-8-16)25-11-13-31(28,29)14-12-25/h2-10,19H,11-14H2,1H3,(H,23,26)(H,24,27). The molecule has 0 radical (unpaired) electrons. The van der Waals surface area contributed by atoms with Crippen LogP contribution in [0.1, 0.15) is 27.7 Å². The lowest BCUT2D eigenvalue weighted by Gasteiger charge is -2.33. The van der Waals surface area contributed by atoms with Gasteiger partial charge in [-0.2, -0.15) is 0 Å². The maximum atomic E-state index is 13.0. The molecule has 0 bridgehead atoms. The Balaban J connectivity index is 1.51. The van der Waals surface area contributed by atoms with Crippen molar-refractivity contribution in [3.63, 3.8) is 0 Å². The van der Waals surface area contributed by atoms with Gasteiger partial charge in [0.15, 0.2) is 15.6 Å². The molecule has 1 unspecified atom stereocenters. The molecule has 162 valence electrons. The summed E-state index contributed by atoms with van der Waals surface area (Å²) in [5.41, 5.74) is 6.90. The lowest BCUT2D eigenvalue weighted by atomic mass is 10.0. The highest BCUT2D eigenvalue weighted by Crippen LogP contribution is 2.25. The number of sulfone groups is 1. The number of benzene rings is 2. The molecule has 3 aromatic rings. The van der Waals surface area contributed by atoms with Crippen molar-refractivity contribution < 1.29 is 22.4 Å². The Morgan fingerprint density at radius 2 is 1.61 bits per heavy atom. The fourth-order valence-electron chi connectivity index (χ4n) is 3.78. The van der Waals surface area contributed by atoms with Gasteiger partial charge < -0.3 is 4.42 Å². The van der Waals surface area contributed by atoms with E-state index in [1.807, 2.05) is 41.3 Å². The molecule has 0 aliphatic carbocycles. The first-order valence-electron chi connectivity index (χ1n) is 9.93. The van der Waals surface area contributed by atoms with Gasteiger partial charge in [0, 0.05) is 24.0 Å². The number of nitrogens with zero attached hydrogens (tertiary/aromatic N) is 1. The van der Waals surface area contributed by atoms with E-state index in [2.05, 4.69) is 10.9 Å². The van der Waals surface area contributed by atoms with Crippen molar-refractivity contribution in [2.75, 3.05) is 24.6 Å². The third-order valence-corrected chi connectivity index (χ3v) is 7.07. The molecule has 0 spiro atoms. The van der Waals surface area contributed by atoms with Gasteiger partial charge in [0.05, 0.1) is 11.5 Å². The van der Waals surface area contributed by atoms with Crippen molar-refractivity contribution in [3.8, 4) is 0 Å². The summed E-state index contributed by atoms with van der Waals surface area (Å²) >= 11 is 0. The van der Waals surface area contributed by atoms with E-state index in [1.54, 1.807) is 25.1 Å². The van der Waals surface area contributed by atoms with Gasteiger partial charge in [-0.05, 0) is 18.6 Å². The summed E-state index contributed by atoms with van der Waals surface area (Å²) in [5, 5.41) is 0.829. The molecular weight excluding hydrogens is 418 g/mol. The van der Waals surface area contributed by atoms with E-state index >= 15 is 0 Å². The number of amides is 2. The second-order valence-electron chi connectivity index (χ2n) is 7.50. The lowest BCUT2D eigenvalue weighted by Crippen LogP contribution is -2.51. The topological polar surface area (TPSA) is 109 Å². The SMILES string of the molecule is Cc1c(C(=O)NNC(=O)C(c2ccccc2)N2CCS(=O)(=O)CC2)oc2ccccc12. The molecule has 2 heterocycles. The van der Waals surface area contributed by atoms with Crippen molar-refractivity contribution in [1.82, 2.24) is 15.8 Å². The second kappa shape index (κ2) is 8.52. The summed E-state index contributed by atoms with van der Waals surface area (Å²) in [6, 6.07) is 15.7. The Kier molecular flexibility index (Phi) is 5.79. The Bertz CT molecular complexity index is 1210. The van der Waals surface area contributed by atoms with Crippen LogP contribution >= 0.6 is 0 Å². The Morgan fingerprint density at radius 3 is 2.29 bits per heavy atom. The molecule has 2 amide bonds. The summed E-state index contributed by atoms with van der Waals surface area (Å²) in [5.74, 6) is -0.896. The third-order valence-electron chi connectivity index (χ3n) is 5.46. The smallest absolute Gasteiger partial charge is 0.305 e. The van der Waals surface area contributed by atoms with Gasteiger partial charge in [-0.25, -0.2) is 8.42 Å². The van der Waals surface area contributed by atoms with Crippen molar-refractivity contribution in [3.05, 3.63) is 71.5 Å². The van der Waals surface area contributed by atoms with Crippen LogP contribution in [0.25, 0.3) is 11.0 Å². The minimum absolute atomic E-state index is 0.00580. The first kappa shape index (κ1) is 21.1. The molecule has 1 saturated heterocycles. The molecule has 2 N–H and O–H groups in total. The van der Waals surface area contributed by atoms with Crippen molar-refractivity contribution >= 4 is 32.6 Å². The summed E-state index contributed by atoms with van der Waals surface area (Å²) in [6.45, 7) is 2.27. The quantitative estimate of drug-likeness (QED) is 0.600. The second-order valence-corrected chi connectivity index (χ2v) is 9.80. The summed E-state index contributed by atoms with van der Waals surface area (Å²) < 4.78 is 29.3. The fraction of sp³-hybridized carbons (Fsp3) is 0.273. The number of carbonyl (C=O) groups excluding carboxylic acids is 2. The number of nitrogens with one attached hydrogen (secondary N) is 2. The molecule has 1 atom stereocenters. The Hall–Kier alpha value is -3.17. The van der Waals surface area contributed by atoms with Crippen LogP contribution in [0.4, 0.5) is 0 Å². The number of aryl methyl sites for hydroxylation is 1. The number of fused-ring (bicyclic) bond motifs is 1. The molecule has 8 nitrogen and oxygen atoms in total. The fourth-order valence-corrected chi connectivity index (χ4v) is 5.01. The van der Waals surface area contributed by atoms with E-state index in [0.717, 1.165) is 5.39 Å². The van der Waals surface area contributed by atoms with Gasteiger partial charge in [-0.15, -0.1) is 0 Å². The van der Waals surface area contributed by atoms with Gasteiger partial charge in [0.2, 0.25) is 0 Å². The lowest BCUT2D eigenvalue weighted by molar-refractivity contribution is -0.127. The van der Waals surface area contributed by atoms with Gasteiger partial charge in [-0.3, -0.25) is 25.3 Å². The van der Waals surface area contributed by atoms with Crippen molar-refractivity contribution in [1.29, 1.82) is 0 Å². The maximum absolute atomic E-state index is 13.0. The first-order chi connectivity index (χ1) is 14.9. The Morgan fingerprint density at radius 1 is 0.968 bits per heavy atom. The number of rotatable bonds is 4. The van der Waals surface area contributed by atoms with E-state index in [-0.39, 0.29) is 30.4 Å². The monoisotopic (exact) mass is 441 g/mol. The predicted molar refractivity (Wildman–Crippen MR) is 116 cm³/mol. The minimum atomic E-state index is -3.09. The molecule has 9 heteroatoms. The normalized spacial score (nSPS) is 17.2. The van der Waals surface area contributed by atoms with Crippen molar-refractivity contribution in [2.45, 2.75) is 13.0 Å². The maximum Gasteiger partial charge on any atom is 0.305 e. The summed E-state index contributed by atoms with van der Waals surface area (Å²) in [6.07, 6.45) is 0. The summed E-state index contributed by atoms with van der Waals surface area (Å²) in [4.78, 5) is 27.5. The molecule has 1 aliphatic heterocycles. The largest absolute Gasteiger partial charge is 0.451 e. The van der Waals surface area contributed by atoms with Crippen LogP contribution in [0.5, 0.6) is 0 Å². The number of para-hydroxylation sites is 1. The summed E-state index contributed by atoms with van der Waals surface area (Å²) in [7, 11) is -3.09. The first-order valence-corrected chi connectivity index (χ1v) is 11.8. The molecule has 1 aromatic heterocycles. The number of hydrazine groups is 1. The zero-order valence-electron chi connectivity index (χ0n) is 17.0. The molecular formula is C22H23N3O5S. The number of carbonyl (C=O) groups is 2. The highest BCUT2D eigenvalue weighted by atomic mass is 32.2. The molecule has 31 heavy (non-hydrogen) atoms. The molecule has 0 saturated carbocycles. The highest BCUT2D eigenvalue weighted by Gasteiger charge is 2.33. The van der Waals surface area contributed by atoms with E-state index < -0.39 is 27.7 Å². The number of hydrogen-bond acceptors (Lipinski definition) is 6. The predicted octanol–water partition coefficient (Wildman–Crippen LogP) is 1.97. The number of furan rings is 1. The number of hydrogen-bond donors (Lipinski definition) is 2. The van der Waals surface area contributed by atoms with Gasteiger partial charge >= 0.3 is 5.91 Å². The minimum Gasteiger partial charge on any atom is -0.451 e. The van der Waals surface area contributed by atoms with Crippen LogP contribution in [0.15, 0.2) is 59.0 Å². The van der Waals surface area contributed by atoms with Crippen LogP contribution in [0, 0.1) is 6.92 Å². The van der Waals surface area contributed by atoms with Gasteiger partial charge in [0.25, 0.3) is 5.91 Å². The van der Waals surface area contributed by atoms with Crippen LogP contribution in [-0.4, -0.2) is 49.7 Å². The Labute approximate surface area is 180 Å². The van der Waals surface area contributed by atoms with E-state index in [9.17, 15) is 18.0 Å². The highest BCUT2D eigenvalue weighted by molar-refractivity contribution is 7.91. The van der Waals surface area contributed by atoms with Crippen LogP contribution in [0.2, 0.25) is 0 Å². The zero-order chi connectivity index (χ0) is 22.0. The molecule has 4 rings (SSSR count). The molecule has 1 fully saturated rings. The van der Waals surface area contributed by atoms with Gasteiger partial charge in [-0.1, -0.05) is 48.5 Å². The zero-order valence-corrected chi connectivity index (χ0v) is 17.8.